The van der Waals surface area contributed by atoms with E-state index in [9.17, 15) is 0 Å². The van der Waals surface area contributed by atoms with Crippen molar-refractivity contribution in [3.05, 3.63) is 30.5 Å². The molecule has 0 bridgehead atoms. The highest BCUT2D eigenvalue weighted by atomic mass is 32.1. The van der Waals surface area contributed by atoms with E-state index < -0.39 is 0 Å². The second-order valence-electron chi connectivity index (χ2n) is 3.46. The normalized spacial score (nSPS) is 10.7. The Kier molecular flexibility index (Phi) is 2.69. The van der Waals surface area contributed by atoms with Crippen molar-refractivity contribution in [1.29, 1.82) is 0 Å². The lowest BCUT2D eigenvalue weighted by Crippen LogP contribution is -2.05. The summed E-state index contributed by atoms with van der Waals surface area (Å²) >= 11 is 1.44. The van der Waals surface area contributed by atoms with E-state index in [4.69, 9.17) is 5.73 Å². The molecule has 0 atom stereocenters. The van der Waals surface area contributed by atoms with E-state index in [2.05, 4.69) is 30.2 Å². The van der Waals surface area contributed by atoms with Gasteiger partial charge in [-0.2, -0.15) is 4.98 Å². The monoisotopic (exact) mass is 259 g/mol. The Morgan fingerprint density at radius 1 is 1.11 bits per heavy atom. The number of aromatic nitrogens is 5. The Labute approximate surface area is 106 Å². The Bertz CT molecular complexity index is 648. The number of nitrogen functional groups attached to an aromatic ring is 1. The Morgan fingerprint density at radius 3 is 2.83 bits per heavy atom. The van der Waals surface area contributed by atoms with Crippen LogP contribution in [0.1, 0.15) is 5.82 Å². The molecule has 0 unspecified atom stereocenters. The summed E-state index contributed by atoms with van der Waals surface area (Å²) in [7, 11) is 0. The van der Waals surface area contributed by atoms with Gasteiger partial charge in [-0.1, -0.05) is 11.3 Å². The van der Waals surface area contributed by atoms with Crippen molar-refractivity contribution in [2.45, 2.75) is 6.54 Å². The lowest BCUT2D eigenvalue weighted by atomic mass is 10.5. The van der Waals surface area contributed by atoms with Crippen molar-refractivity contribution < 1.29 is 0 Å². The molecule has 0 spiro atoms. The van der Waals surface area contributed by atoms with Gasteiger partial charge in [0, 0.05) is 18.6 Å². The fraction of sp³-hybridized carbons (Fsp3) is 0.100. The van der Waals surface area contributed by atoms with Crippen LogP contribution in [0.2, 0.25) is 0 Å². The number of hydrogen-bond donors (Lipinski definition) is 2. The van der Waals surface area contributed by atoms with Crippen molar-refractivity contribution in [2.24, 2.45) is 0 Å². The molecular weight excluding hydrogens is 250 g/mol. The smallest absolute Gasteiger partial charge is 0.191 e. The molecule has 0 amide bonds. The van der Waals surface area contributed by atoms with E-state index in [0.717, 1.165) is 9.96 Å². The fourth-order valence-electron chi connectivity index (χ4n) is 1.41. The number of nitrogens with zero attached hydrogens (tertiary/aromatic N) is 5. The summed E-state index contributed by atoms with van der Waals surface area (Å²) in [6, 6.07) is 1.65. The van der Waals surface area contributed by atoms with Gasteiger partial charge in [-0.3, -0.25) is 0 Å². The van der Waals surface area contributed by atoms with Gasteiger partial charge in [0.05, 0.1) is 6.54 Å². The topological polar surface area (TPSA) is 102 Å². The molecule has 7 nitrogen and oxygen atoms in total. The van der Waals surface area contributed by atoms with Gasteiger partial charge in [-0.15, -0.1) is 0 Å². The van der Waals surface area contributed by atoms with Gasteiger partial charge < -0.3 is 11.1 Å². The SMILES string of the molecule is Nc1ccnc(CNc2nc3nccnc3s2)n1. The number of fused-ring (bicyclic) bond motifs is 1. The quantitative estimate of drug-likeness (QED) is 0.725. The average molecular weight is 259 g/mol. The summed E-state index contributed by atoms with van der Waals surface area (Å²) in [5.74, 6) is 1.07. The number of anilines is 2. The van der Waals surface area contributed by atoms with Crippen molar-refractivity contribution in [2.75, 3.05) is 11.1 Å². The Hall–Kier alpha value is -2.35. The zero-order valence-corrected chi connectivity index (χ0v) is 10.1. The number of rotatable bonds is 3. The zero-order chi connectivity index (χ0) is 12.4. The molecule has 3 aromatic rings. The van der Waals surface area contributed by atoms with Crippen LogP contribution in [0.3, 0.4) is 0 Å². The highest BCUT2D eigenvalue weighted by Gasteiger charge is 2.05. The summed E-state index contributed by atoms with van der Waals surface area (Å²) in [5, 5.41) is 3.86. The lowest BCUT2D eigenvalue weighted by Gasteiger charge is -2.01. The van der Waals surface area contributed by atoms with Gasteiger partial charge in [-0.05, 0) is 6.07 Å². The minimum atomic E-state index is 0.453. The Morgan fingerprint density at radius 2 is 2.00 bits per heavy atom. The first-order chi connectivity index (χ1) is 8.81. The van der Waals surface area contributed by atoms with Gasteiger partial charge in [0.15, 0.2) is 15.6 Å². The van der Waals surface area contributed by atoms with Crippen LogP contribution in [0.25, 0.3) is 10.5 Å². The van der Waals surface area contributed by atoms with Crippen molar-refractivity contribution in [3.63, 3.8) is 0 Å². The molecule has 18 heavy (non-hydrogen) atoms. The molecule has 3 N–H and O–H groups in total. The highest BCUT2D eigenvalue weighted by molar-refractivity contribution is 7.21. The molecule has 0 aromatic carbocycles. The van der Waals surface area contributed by atoms with Crippen LogP contribution in [-0.4, -0.2) is 24.9 Å². The summed E-state index contributed by atoms with van der Waals surface area (Å²) in [5.41, 5.74) is 6.21. The number of hydrogen-bond acceptors (Lipinski definition) is 8. The molecule has 0 aliphatic heterocycles. The molecule has 0 fully saturated rings. The van der Waals surface area contributed by atoms with Gasteiger partial charge in [0.1, 0.15) is 11.6 Å². The van der Waals surface area contributed by atoms with E-state index in [0.29, 0.717) is 23.8 Å². The first-order valence-corrected chi connectivity index (χ1v) is 6.02. The zero-order valence-electron chi connectivity index (χ0n) is 9.24. The molecule has 0 saturated carbocycles. The second-order valence-corrected chi connectivity index (χ2v) is 4.43. The summed E-state index contributed by atoms with van der Waals surface area (Å²) in [6.45, 7) is 0.463. The van der Waals surface area contributed by atoms with E-state index >= 15 is 0 Å². The van der Waals surface area contributed by atoms with E-state index in [1.807, 2.05) is 0 Å². The van der Waals surface area contributed by atoms with Crippen molar-refractivity contribution >= 4 is 32.8 Å². The van der Waals surface area contributed by atoms with E-state index in [1.165, 1.54) is 11.3 Å². The molecular formula is C10H9N7S. The molecule has 3 heterocycles. The van der Waals surface area contributed by atoms with Crippen molar-refractivity contribution in [3.8, 4) is 0 Å². The minimum absolute atomic E-state index is 0.453. The maximum atomic E-state index is 5.58. The van der Waals surface area contributed by atoms with Gasteiger partial charge >= 0.3 is 0 Å². The Balaban J connectivity index is 1.76. The standard InChI is InChI=1S/C10H9N7S/c11-6-1-2-12-7(16-6)5-15-10-17-8-9(18-10)14-4-3-13-8/h1-4H,5H2,(H2,11,12,16)(H,13,15,17). The molecule has 0 aliphatic carbocycles. The van der Waals surface area contributed by atoms with Crippen LogP contribution >= 0.6 is 11.3 Å². The third-order valence-electron chi connectivity index (χ3n) is 2.17. The van der Waals surface area contributed by atoms with Crippen LogP contribution < -0.4 is 11.1 Å². The van der Waals surface area contributed by atoms with Crippen LogP contribution in [-0.2, 0) is 6.54 Å². The third kappa shape index (κ3) is 2.18. The average Bonchev–Trinajstić information content (AvgIpc) is 2.79. The van der Waals surface area contributed by atoms with Crippen molar-refractivity contribution in [1.82, 2.24) is 24.9 Å². The van der Waals surface area contributed by atoms with E-state index in [-0.39, 0.29) is 0 Å². The van der Waals surface area contributed by atoms with Gasteiger partial charge in [0.25, 0.3) is 0 Å². The second kappa shape index (κ2) is 4.49. The van der Waals surface area contributed by atoms with Crippen LogP contribution in [0.4, 0.5) is 10.9 Å². The maximum absolute atomic E-state index is 5.58. The molecule has 3 aromatic heterocycles. The predicted octanol–water partition coefficient (Wildman–Crippen LogP) is 1.07. The minimum Gasteiger partial charge on any atom is -0.384 e. The fourth-order valence-corrected chi connectivity index (χ4v) is 2.17. The number of thiazole rings is 1. The third-order valence-corrected chi connectivity index (χ3v) is 3.08. The molecule has 0 saturated heterocycles. The lowest BCUT2D eigenvalue weighted by molar-refractivity contribution is 0.952. The van der Waals surface area contributed by atoms with Gasteiger partial charge in [0.2, 0.25) is 0 Å². The molecule has 0 aliphatic rings. The summed E-state index contributed by atoms with van der Waals surface area (Å²) in [4.78, 5) is 21.6. The maximum Gasteiger partial charge on any atom is 0.191 e. The van der Waals surface area contributed by atoms with Crippen LogP contribution in [0.15, 0.2) is 24.7 Å². The summed E-state index contributed by atoms with van der Waals surface area (Å²) < 4.78 is 0. The highest BCUT2D eigenvalue weighted by Crippen LogP contribution is 2.22. The summed E-state index contributed by atoms with van der Waals surface area (Å²) in [6.07, 6.45) is 4.89. The molecule has 8 heteroatoms. The molecule has 0 radical (unpaired) electrons. The number of nitrogens with two attached hydrogens (primary N) is 1. The van der Waals surface area contributed by atoms with Crippen LogP contribution in [0, 0.1) is 0 Å². The van der Waals surface area contributed by atoms with Crippen LogP contribution in [0.5, 0.6) is 0 Å². The van der Waals surface area contributed by atoms with Gasteiger partial charge in [-0.25, -0.2) is 19.9 Å². The molecule has 3 rings (SSSR count). The molecule has 90 valence electrons. The first-order valence-electron chi connectivity index (χ1n) is 5.20. The number of nitrogens with one attached hydrogen (secondary N) is 1. The van der Waals surface area contributed by atoms with E-state index in [1.54, 1.807) is 24.7 Å². The largest absolute Gasteiger partial charge is 0.384 e. The predicted molar refractivity (Wildman–Crippen MR) is 69.0 cm³/mol. The first kappa shape index (κ1) is 10.8.